The van der Waals surface area contributed by atoms with Crippen molar-refractivity contribution in [2.24, 2.45) is 5.73 Å². The highest BCUT2D eigenvalue weighted by molar-refractivity contribution is 5.25. The van der Waals surface area contributed by atoms with Crippen LogP contribution in [0.4, 0.5) is 0 Å². The molecule has 0 amide bonds. The first-order valence-electron chi connectivity index (χ1n) is 5.99. The molecule has 88 valence electrons. The Labute approximate surface area is 96.7 Å². The quantitative estimate of drug-likeness (QED) is 0.711. The molecule has 1 aromatic rings. The minimum Gasteiger partial charge on any atom is -0.382 e. The van der Waals surface area contributed by atoms with E-state index >= 15 is 0 Å². The Balaban J connectivity index is 2.24. The van der Waals surface area contributed by atoms with Gasteiger partial charge < -0.3 is 16.2 Å². The molecule has 3 heteroatoms. The molecule has 2 unspecified atom stereocenters. The molecule has 3 nitrogen and oxygen atoms in total. The van der Waals surface area contributed by atoms with Gasteiger partial charge in [0.05, 0.1) is 0 Å². The van der Waals surface area contributed by atoms with Crippen molar-refractivity contribution in [3.05, 3.63) is 35.9 Å². The molecule has 2 atom stereocenters. The van der Waals surface area contributed by atoms with E-state index in [4.69, 9.17) is 5.73 Å². The predicted octanol–water partition coefficient (Wildman–Crippen LogP) is 0.975. The fourth-order valence-electron chi connectivity index (χ4n) is 2.45. The van der Waals surface area contributed by atoms with E-state index in [1.807, 2.05) is 30.3 Å². The van der Waals surface area contributed by atoms with Crippen molar-refractivity contribution in [1.82, 2.24) is 5.32 Å². The molecule has 1 saturated heterocycles. The maximum absolute atomic E-state index is 10.7. The first kappa shape index (κ1) is 11.6. The highest BCUT2D eigenvalue weighted by atomic mass is 16.3. The van der Waals surface area contributed by atoms with Crippen molar-refractivity contribution < 1.29 is 5.11 Å². The van der Waals surface area contributed by atoms with Gasteiger partial charge in [-0.2, -0.15) is 0 Å². The van der Waals surface area contributed by atoms with Gasteiger partial charge in [-0.3, -0.25) is 0 Å². The van der Waals surface area contributed by atoms with Gasteiger partial charge in [-0.1, -0.05) is 36.8 Å². The van der Waals surface area contributed by atoms with Crippen LogP contribution in [0.1, 0.15) is 24.8 Å². The van der Waals surface area contributed by atoms with Crippen molar-refractivity contribution in [2.45, 2.75) is 30.9 Å². The van der Waals surface area contributed by atoms with Gasteiger partial charge in [-0.15, -0.1) is 0 Å². The molecule has 1 fully saturated rings. The second-order valence-electron chi connectivity index (χ2n) is 4.50. The molecule has 0 spiro atoms. The summed E-state index contributed by atoms with van der Waals surface area (Å²) >= 11 is 0. The van der Waals surface area contributed by atoms with E-state index in [1.54, 1.807) is 0 Å². The molecular weight excluding hydrogens is 200 g/mol. The lowest BCUT2D eigenvalue weighted by Gasteiger charge is -2.38. The van der Waals surface area contributed by atoms with Crippen LogP contribution in [-0.4, -0.2) is 24.2 Å². The Bertz CT molecular complexity index is 322. The number of rotatable bonds is 3. The highest BCUT2D eigenvalue weighted by Crippen LogP contribution is 2.28. The smallest absolute Gasteiger partial charge is 0.117 e. The molecule has 1 aromatic carbocycles. The van der Waals surface area contributed by atoms with E-state index < -0.39 is 5.60 Å². The van der Waals surface area contributed by atoms with Gasteiger partial charge in [-0.25, -0.2) is 0 Å². The van der Waals surface area contributed by atoms with Crippen molar-refractivity contribution in [1.29, 1.82) is 0 Å². The lowest BCUT2D eigenvalue weighted by Crippen LogP contribution is -2.54. The van der Waals surface area contributed by atoms with E-state index in [9.17, 15) is 5.11 Å². The molecule has 2 rings (SSSR count). The molecule has 16 heavy (non-hydrogen) atoms. The van der Waals surface area contributed by atoms with Gasteiger partial charge >= 0.3 is 0 Å². The number of nitrogens with one attached hydrogen (secondary N) is 1. The molecule has 0 aromatic heterocycles. The largest absolute Gasteiger partial charge is 0.382 e. The predicted molar refractivity (Wildman–Crippen MR) is 65.0 cm³/mol. The molecular formula is C13H20N2O. The summed E-state index contributed by atoms with van der Waals surface area (Å²) in [6, 6.07) is 9.81. The second kappa shape index (κ2) is 4.95. The summed E-state index contributed by atoms with van der Waals surface area (Å²) in [6.45, 7) is 1.23. The van der Waals surface area contributed by atoms with Gasteiger partial charge in [0.15, 0.2) is 0 Å². The van der Waals surface area contributed by atoms with Gasteiger partial charge in [0.25, 0.3) is 0 Å². The standard InChI is InChI=1S/C13H20N2O/c14-10-13(16,11-6-2-1-3-7-11)12-8-4-5-9-15-12/h1-3,6-7,12,15-16H,4-5,8-10,14H2. The maximum atomic E-state index is 10.7. The molecule has 1 heterocycles. The molecule has 0 bridgehead atoms. The van der Waals surface area contributed by atoms with Crippen LogP contribution in [0.5, 0.6) is 0 Å². The number of nitrogens with two attached hydrogens (primary N) is 1. The third-order valence-electron chi connectivity index (χ3n) is 3.47. The molecule has 0 saturated carbocycles. The topological polar surface area (TPSA) is 58.3 Å². The summed E-state index contributed by atoms with van der Waals surface area (Å²) in [6.07, 6.45) is 3.33. The van der Waals surface area contributed by atoms with Gasteiger partial charge in [0.2, 0.25) is 0 Å². The van der Waals surface area contributed by atoms with Gasteiger partial charge in [0.1, 0.15) is 5.60 Å². The third-order valence-corrected chi connectivity index (χ3v) is 3.47. The Hall–Kier alpha value is -0.900. The number of aliphatic hydroxyl groups is 1. The van der Waals surface area contributed by atoms with Crippen molar-refractivity contribution in [3.8, 4) is 0 Å². The number of hydrogen-bond acceptors (Lipinski definition) is 3. The lowest BCUT2D eigenvalue weighted by atomic mass is 9.82. The monoisotopic (exact) mass is 220 g/mol. The van der Waals surface area contributed by atoms with Crippen LogP contribution >= 0.6 is 0 Å². The second-order valence-corrected chi connectivity index (χ2v) is 4.50. The van der Waals surface area contributed by atoms with Crippen LogP contribution in [0.15, 0.2) is 30.3 Å². The van der Waals surface area contributed by atoms with Crippen molar-refractivity contribution in [2.75, 3.05) is 13.1 Å². The Morgan fingerprint density at radius 3 is 2.62 bits per heavy atom. The van der Waals surface area contributed by atoms with E-state index in [-0.39, 0.29) is 12.6 Å². The number of benzene rings is 1. The summed E-state index contributed by atoms with van der Waals surface area (Å²) in [5.41, 5.74) is 5.76. The normalized spacial score (nSPS) is 25.0. The fourth-order valence-corrected chi connectivity index (χ4v) is 2.45. The van der Waals surface area contributed by atoms with Crippen molar-refractivity contribution >= 4 is 0 Å². The molecule has 1 aliphatic rings. The number of piperidine rings is 1. The summed E-state index contributed by atoms with van der Waals surface area (Å²) in [7, 11) is 0. The van der Waals surface area contributed by atoms with Crippen LogP contribution in [0.3, 0.4) is 0 Å². The first-order valence-corrected chi connectivity index (χ1v) is 5.99. The van der Waals surface area contributed by atoms with E-state index in [0.29, 0.717) is 0 Å². The Morgan fingerprint density at radius 2 is 2.06 bits per heavy atom. The average Bonchev–Trinajstić information content (AvgIpc) is 2.40. The van der Waals surface area contributed by atoms with E-state index in [1.165, 1.54) is 6.42 Å². The summed E-state index contributed by atoms with van der Waals surface area (Å²) in [5.74, 6) is 0. The molecule has 0 aliphatic carbocycles. The third kappa shape index (κ3) is 2.12. The summed E-state index contributed by atoms with van der Waals surface area (Å²) < 4.78 is 0. The molecule has 1 aliphatic heterocycles. The minimum atomic E-state index is -0.929. The highest BCUT2D eigenvalue weighted by Gasteiger charge is 2.37. The zero-order chi connectivity index (χ0) is 11.4. The summed E-state index contributed by atoms with van der Waals surface area (Å²) in [4.78, 5) is 0. The minimum absolute atomic E-state index is 0.0775. The van der Waals surface area contributed by atoms with Crippen LogP contribution in [-0.2, 0) is 5.60 Å². The SMILES string of the molecule is NCC(O)(c1ccccc1)C1CCCCN1. The lowest BCUT2D eigenvalue weighted by molar-refractivity contribution is -0.00382. The number of hydrogen-bond donors (Lipinski definition) is 3. The van der Waals surface area contributed by atoms with Gasteiger partial charge in [0, 0.05) is 12.6 Å². The Morgan fingerprint density at radius 1 is 1.31 bits per heavy atom. The maximum Gasteiger partial charge on any atom is 0.117 e. The molecule has 4 N–H and O–H groups in total. The van der Waals surface area contributed by atoms with Crippen LogP contribution in [0.2, 0.25) is 0 Å². The first-order chi connectivity index (χ1) is 7.77. The summed E-state index contributed by atoms with van der Waals surface area (Å²) in [5, 5.41) is 14.1. The zero-order valence-electron chi connectivity index (χ0n) is 9.52. The fraction of sp³-hybridized carbons (Fsp3) is 0.538. The Kier molecular flexibility index (Phi) is 3.59. The van der Waals surface area contributed by atoms with Crippen LogP contribution < -0.4 is 11.1 Å². The van der Waals surface area contributed by atoms with E-state index in [0.717, 1.165) is 24.9 Å². The average molecular weight is 220 g/mol. The molecule has 0 radical (unpaired) electrons. The zero-order valence-corrected chi connectivity index (χ0v) is 9.52. The van der Waals surface area contributed by atoms with E-state index in [2.05, 4.69) is 5.32 Å². The van der Waals surface area contributed by atoms with Gasteiger partial charge in [-0.05, 0) is 24.9 Å². The van der Waals surface area contributed by atoms with Crippen molar-refractivity contribution in [3.63, 3.8) is 0 Å². The van der Waals surface area contributed by atoms with Crippen LogP contribution in [0, 0.1) is 0 Å². The van der Waals surface area contributed by atoms with Crippen LogP contribution in [0.25, 0.3) is 0 Å².